The SMILES string of the molecule is CCOC(OCC)c1c(C(=O)OC)[nH]c[n+]1[C@@H]1CC(OC(=O)c2ccc(Cl)cc2)[C@@H](COC(=O)c2ccc(Cl)cc2)O1. The van der Waals surface area contributed by atoms with E-state index in [2.05, 4.69) is 4.98 Å². The summed E-state index contributed by atoms with van der Waals surface area (Å²) in [6.45, 7) is 3.97. The van der Waals surface area contributed by atoms with E-state index < -0.39 is 42.6 Å². The molecule has 1 aliphatic rings. The largest absolute Gasteiger partial charge is 0.463 e. The number of methoxy groups -OCH3 is 1. The minimum Gasteiger partial charge on any atom is -0.463 e. The van der Waals surface area contributed by atoms with Gasteiger partial charge in [0, 0.05) is 23.3 Å². The van der Waals surface area contributed by atoms with Gasteiger partial charge in [0.25, 0.3) is 5.69 Å². The molecule has 1 fully saturated rings. The molecule has 224 valence electrons. The fourth-order valence-corrected chi connectivity index (χ4v) is 4.67. The van der Waals surface area contributed by atoms with Gasteiger partial charge in [-0.1, -0.05) is 23.2 Å². The Labute approximate surface area is 252 Å². The molecule has 1 N–H and O–H groups in total. The zero-order chi connectivity index (χ0) is 30.2. The van der Waals surface area contributed by atoms with E-state index in [0.29, 0.717) is 34.5 Å². The number of aromatic amines is 1. The van der Waals surface area contributed by atoms with E-state index in [1.165, 1.54) is 13.4 Å². The van der Waals surface area contributed by atoms with Gasteiger partial charge in [-0.15, -0.1) is 0 Å². The van der Waals surface area contributed by atoms with Crippen molar-refractivity contribution in [2.24, 2.45) is 0 Å². The number of ether oxygens (including phenoxy) is 6. The summed E-state index contributed by atoms with van der Waals surface area (Å²) in [4.78, 5) is 41.2. The zero-order valence-corrected chi connectivity index (χ0v) is 24.7. The zero-order valence-electron chi connectivity index (χ0n) is 23.2. The average Bonchev–Trinajstić information content (AvgIpc) is 3.60. The predicted octanol–water partition coefficient (Wildman–Crippen LogP) is 4.84. The van der Waals surface area contributed by atoms with Gasteiger partial charge in [0.1, 0.15) is 18.8 Å². The Balaban J connectivity index is 1.61. The number of nitrogens with one attached hydrogen (secondary N) is 1. The van der Waals surface area contributed by atoms with Crippen molar-refractivity contribution in [3.63, 3.8) is 0 Å². The molecule has 3 atom stereocenters. The van der Waals surface area contributed by atoms with Crippen molar-refractivity contribution in [1.29, 1.82) is 0 Å². The van der Waals surface area contributed by atoms with Gasteiger partial charge in [-0.3, -0.25) is 0 Å². The maximum atomic E-state index is 13.0. The van der Waals surface area contributed by atoms with Crippen molar-refractivity contribution in [1.82, 2.24) is 4.98 Å². The summed E-state index contributed by atoms with van der Waals surface area (Å²) in [5.41, 5.74) is 1.03. The highest BCUT2D eigenvalue weighted by Gasteiger charge is 2.45. The molecule has 2 heterocycles. The third kappa shape index (κ3) is 7.47. The lowest BCUT2D eigenvalue weighted by Crippen LogP contribution is -2.44. The molecule has 11 nitrogen and oxygen atoms in total. The first-order valence-electron chi connectivity index (χ1n) is 13.2. The van der Waals surface area contributed by atoms with Crippen molar-refractivity contribution >= 4 is 41.1 Å². The Morgan fingerprint density at radius 1 is 0.929 bits per heavy atom. The average molecular weight is 622 g/mol. The lowest BCUT2D eigenvalue weighted by Gasteiger charge is -2.19. The predicted molar refractivity (Wildman–Crippen MR) is 149 cm³/mol. The van der Waals surface area contributed by atoms with E-state index in [4.69, 9.17) is 51.6 Å². The van der Waals surface area contributed by atoms with Gasteiger partial charge in [0.15, 0.2) is 0 Å². The van der Waals surface area contributed by atoms with E-state index in [-0.39, 0.29) is 24.3 Å². The summed E-state index contributed by atoms with van der Waals surface area (Å²) in [5, 5.41) is 0.949. The second-order valence-corrected chi connectivity index (χ2v) is 9.97. The first kappa shape index (κ1) is 31.5. The Hall–Kier alpha value is -3.48. The molecular formula is C29H31Cl2N2O9+. The number of carbonyl (C=O) groups excluding carboxylic acids is 3. The maximum Gasteiger partial charge on any atom is 0.382 e. The number of H-pyrrole nitrogens is 1. The van der Waals surface area contributed by atoms with Gasteiger partial charge < -0.3 is 28.4 Å². The van der Waals surface area contributed by atoms with E-state index in [0.717, 1.165) is 0 Å². The van der Waals surface area contributed by atoms with Crippen LogP contribution in [-0.4, -0.2) is 62.0 Å². The molecule has 0 radical (unpaired) electrons. The Kier molecular flexibility index (Phi) is 10.9. The third-order valence-electron chi connectivity index (χ3n) is 6.42. The highest BCUT2D eigenvalue weighted by molar-refractivity contribution is 6.31. The number of carbonyl (C=O) groups is 3. The van der Waals surface area contributed by atoms with Crippen LogP contribution in [0.3, 0.4) is 0 Å². The van der Waals surface area contributed by atoms with E-state index in [9.17, 15) is 14.4 Å². The minimum absolute atomic E-state index is 0.111. The van der Waals surface area contributed by atoms with Crippen molar-refractivity contribution < 1.29 is 47.4 Å². The minimum atomic E-state index is -0.930. The Bertz CT molecular complexity index is 1370. The first-order valence-corrected chi connectivity index (χ1v) is 14.0. The topological polar surface area (TPSA) is 126 Å². The smallest absolute Gasteiger partial charge is 0.382 e. The van der Waals surface area contributed by atoms with Crippen LogP contribution in [-0.2, 0) is 28.4 Å². The number of benzene rings is 2. The molecule has 13 heteroatoms. The molecule has 1 aromatic heterocycles. The monoisotopic (exact) mass is 621 g/mol. The van der Waals surface area contributed by atoms with Crippen LogP contribution >= 0.6 is 23.2 Å². The van der Waals surface area contributed by atoms with Crippen molar-refractivity contribution in [3.8, 4) is 0 Å². The molecule has 0 bridgehead atoms. The Morgan fingerprint density at radius 2 is 1.50 bits per heavy atom. The number of aromatic nitrogens is 2. The fourth-order valence-electron chi connectivity index (χ4n) is 4.42. The van der Waals surface area contributed by atoms with Gasteiger partial charge >= 0.3 is 17.9 Å². The standard InChI is InChI=1S/C29H30Cl2N2O9/c1-4-38-29(39-5-2)25-24(28(36)37-3)32-16-33(25)23-14-21(42-27(35)18-8-12-20(31)13-9-18)22(41-23)15-40-26(34)17-6-10-19(30)11-7-17/h6-13,16,21-23,29H,4-5,14-15H2,1-3H3/p+1/t21?,22-,23+/m1/s1. The number of esters is 3. The maximum absolute atomic E-state index is 13.0. The second-order valence-electron chi connectivity index (χ2n) is 9.10. The van der Waals surface area contributed by atoms with Crippen LogP contribution in [0.25, 0.3) is 0 Å². The van der Waals surface area contributed by atoms with Gasteiger partial charge in [0.2, 0.25) is 24.5 Å². The summed E-state index contributed by atoms with van der Waals surface area (Å²) in [6, 6.07) is 12.5. The van der Waals surface area contributed by atoms with Crippen molar-refractivity contribution in [3.05, 3.63) is 87.4 Å². The molecule has 42 heavy (non-hydrogen) atoms. The lowest BCUT2D eigenvalue weighted by molar-refractivity contribution is -0.769. The number of halogens is 2. The van der Waals surface area contributed by atoms with Gasteiger partial charge in [-0.2, -0.15) is 0 Å². The van der Waals surface area contributed by atoms with Gasteiger partial charge in [-0.05, 0) is 62.4 Å². The number of imidazole rings is 1. The molecule has 1 unspecified atom stereocenters. The first-order chi connectivity index (χ1) is 20.2. The molecule has 0 aliphatic carbocycles. The summed E-state index contributed by atoms with van der Waals surface area (Å²) in [7, 11) is 1.26. The summed E-state index contributed by atoms with van der Waals surface area (Å²) < 4.78 is 35.8. The second kappa shape index (κ2) is 14.6. The Morgan fingerprint density at radius 3 is 2.05 bits per heavy atom. The summed E-state index contributed by atoms with van der Waals surface area (Å²) in [5.74, 6) is -1.84. The van der Waals surface area contributed by atoms with E-state index in [1.807, 2.05) is 0 Å². The summed E-state index contributed by atoms with van der Waals surface area (Å²) in [6.07, 6.45) is -1.69. The van der Waals surface area contributed by atoms with Crippen LogP contribution in [0.5, 0.6) is 0 Å². The van der Waals surface area contributed by atoms with Crippen LogP contribution in [0.2, 0.25) is 10.0 Å². The van der Waals surface area contributed by atoms with E-state index >= 15 is 0 Å². The quantitative estimate of drug-likeness (QED) is 0.131. The van der Waals surface area contributed by atoms with Gasteiger partial charge in [0.05, 0.1) is 24.7 Å². The number of nitrogens with zero attached hydrogens (tertiary/aromatic N) is 1. The number of rotatable bonds is 12. The molecular weight excluding hydrogens is 591 g/mol. The molecule has 1 saturated heterocycles. The molecule has 2 aromatic carbocycles. The van der Waals surface area contributed by atoms with Crippen LogP contribution < -0.4 is 4.57 Å². The molecule has 4 rings (SSSR count). The van der Waals surface area contributed by atoms with Crippen LogP contribution in [0.15, 0.2) is 54.9 Å². The summed E-state index contributed by atoms with van der Waals surface area (Å²) >= 11 is 11.9. The van der Waals surface area contributed by atoms with Crippen LogP contribution in [0.4, 0.5) is 0 Å². The normalized spacial score (nSPS) is 18.2. The molecule has 1 aliphatic heterocycles. The molecule has 3 aromatic rings. The highest BCUT2D eigenvalue weighted by Crippen LogP contribution is 2.31. The number of hydrogen-bond acceptors (Lipinski definition) is 9. The van der Waals surface area contributed by atoms with Gasteiger partial charge in [-0.25, -0.2) is 23.9 Å². The third-order valence-corrected chi connectivity index (χ3v) is 6.92. The lowest BCUT2D eigenvalue weighted by atomic mass is 10.1. The van der Waals surface area contributed by atoms with Crippen molar-refractivity contribution in [2.75, 3.05) is 26.9 Å². The van der Waals surface area contributed by atoms with Crippen LogP contribution in [0, 0.1) is 0 Å². The van der Waals surface area contributed by atoms with E-state index in [1.54, 1.807) is 66.9 Å². The van der Waals surface area contributed by atoms with Crippen molar-refractivity contribution in [2.45, 2.75) is 45.0 Å². The molecule has 0 spiro atoms. The highest BCUT2D eigenvalue weighted by atomic mass is 35.5. The molecule has 0 amide bonds. The number of hydrogen-bond donors (Lipinski definition) is 1. The molecule has 0 saturated carbocycles. The fraction of sp³-hybridized carbons (Fsp3) is 0.379. The van der Waals surface area contributed by atoms with Crippen LogP contribution in [0.1, 0.15) is 69.7 Å².